The predicted molar refractivity (Wildman–Crippen MR) is 107 cm³/mol. The Morgan fingerprint density at radius 2 is 1.85 bits per heavy atom. The fourth-order valence-corrected chi connectivity index (χ4v) is 3.66. The van der Waals surface area contributed by atoms with Crippen LogP contribution in [0.25, 0.3) is 0 Å². The number of nitrogens with zero attached hydrogens (tertiary/aromatic N) is 3. The van der Waals surface area contributed by atoms with Crippen LogP contribution in [0.2, 0.25) is 0 Å². The number of methoxy groups -OCH3 is 1. The van der Waals surface area contributed by atoms with Crippen molar-refractivity contribution in [2.45, 2.75) is 19.4 Å². The van der Waals surface area contributed by atoms with E-state index in [9.17, 15) is 4.79 Å². The van der Waals surface area contributed by atoms with Crippen LogP contribution in [0.15, 0.2) is 24.3 Å². The third-order valence-electron chi connectivity index (χ3n) is 5.52. The second-order valence-corrected chi connectivity index (χ2v) is 7.75. The quantitative estimate of drug-likeness (QED) is 0.847. The van der Waals surface area contributed by atoms with Crippen molar-refractivity contribution in [2.24, 2.45) is 0 Å². The second-order valence-electron chi connectivity index (χ2n) is 7.75. The Labute approximate surface area is 162 Å². The summed E-state index contributed by atoms with van der Waals surface area (Å²) in [4.78, 5) is 19.2. The SMILES string of the molecule is COc1cccc(N2CCN(C(=O)NCC(C)(C)N3CCOCC3)CC2)c1. The van der Waals surface area contributed by atoms with Crippen LogP contribution in [-0.2, 0) is 4.74 Å². The van der Waals surface area contributed by atoms with Crippen LogP contribution in [0.4, 0.5) is 10.5 Å². The summed E-state index contributed by atoms with van der Waals surface area (Å²) in [6, 6.07) is 8.11. The van der Waals surface area contributed by atoms with Gasteiger partial charge in [-0.15, -0.1) is 0 Å². The van der Waals surface area contributed by atoms with Gasteiger partial charge in [0.05, 0.1) is 20.3 Å². The Morgan fingerprint density at radius 3 is 2.52 bits per heavy atom. The first-order chi connectivity index (χ1) is 13.0. The lowest BCUT2D eigenvalue weighted by Gasteiger charge is -2.41. The molecule has 1 aromatic rings. The van der Waals surface area contributed by atoms with Crippen molar-refractivity contribution in [1.82, 2.24) is 15.1 Å². The van der Waals surface area contributed by atoms with Crippen molar-refractivity contribution in [3.8, 4) is 5.75 Å². The molecule has 27 heavy (non-hydrogen) atoms. The number of piperazine rings is 1. The lowest BCUT2D eigenvalue weighted by Crippen LogP contribution is -2.58. The summed E-state index contributed by atoms with van der Waals surface area (Å²) in [5, 5.41) is 3.13. The molecule has 7 nitrogen and oxygen atoms in total. The number of morpholine rings is 1. The smallest absolute Gasteiger partial charge is 0.317 e. The molecule has 0 spiro atoms. The van der Waals surface area contributed by atoms with Gasteiger partial charge in [0.1, 0.15) is 5.75 Å². The Balaban J connectivity index is 1.46. The van der Waals surface area contributed by atoms with Gasteiger partial charge in [0.25, 0.3) is 0 Å². The van der Waals surface area contributed by atoms with Crippen molar-refractivity contribution in [3.05, 3.63) is 24.3 Å². The third-order valence-corrected chi connectivity index (χ3v) is 5.52. The van der Waals surface area contributed by atoms with Crippen LogP contribution >= 0.6 is 0 Å². The highest BCUT2D eigenvalue weighted by molar-refractivity contribution is 5.74. The molecule has 0 aliphatic carbocycles. The Bertz CT molecular complexity index is 623. The average molecular weight is 377 g/mol. The van der Waals surface area contributed by atoms with Crippen LogP contribution in [0.1, 0.15) is 13.8 Å². The minimum atomic E-state index is -0.0676. The van der Waals surface area contributed by atoms with Gasteiger partial charge in [-0.3, -0.25) is 4.90 Å². The van der Waals surface area contributed by atoms with Crippen molar-refractivity contribution in [1.29, 1.82) is 0 Å². The number of anilines is 1. The Hall–Kier alpha value is -1.99. The van der Waals surface area contributed by atoms with Gasteiger partial charge in [-0.05, 0) is 26.0 Å². The van der Waals surface area contributed by atoms with E-state index in [0.717, 1.165) is 63.9 Å². The molecule has 2 heterocycles. The van der Waals surface area contributed by atoms with Gasteiger partial charge in [-0.25, -0.2) is 4.79 Å². The van der Waals surface area contributed by atoms with Gasteiger partial charge in [-0.1, -0.05) is 6.07 Å². The summed E-state index contributed by atoms with van der Waals surface area (Å²) < 4.78 is 10.7. The Kier molecular flexibility index (Phi) is 6.44. The van der Waals surface area contributed by atoms with E-state index in [0.29, 0.717) is 6.54 Å². The fraction of sp³-hybridized carbons (Fsp3) is 0.650. The second kappa shape index (κ2) is 8.80. The van der Waals surface area contributed by atoms with Crippen LogP contribution in [0, 0.1) is 0 Å². The molecule has 2 fully saturated rings. The van der Waals surface area contributed by atoms with E-state index in [1.807, 2.05) is 23.1 Å². The first-order valence-electron chi connectivity index (χ1n) is 9.74. The molecule has 150 valence electrons. The van der Waals surface area contributed by atoms with E-state index in [2.05, 4.69) is 35.0 Å². The zero-order valence-electron chi connectivity index (χ0n) is 16.7. The highest BCUT2D eigenvalue weighted by atomic mass is 16.5. The summed E-state index contributed by atoms with van der Waals surface area (Å²) in [7, 11) is 1.68. The van der Waals surface area contributed by atoms with Gasteiger partial charge >= 0.3 is 6.03 Å². The molecule has 0 saturated carbocycles. The molecule has 0 unspecified atom stereocenters. The maximum absolute atomic E-state index is 12.6. The van der Waals surface area contributed by atoms with E-state index < -0.39 is 0 Å². The van der Waals surface area contributed by atoms with Crippen molar-refractivity contribution >= 4 is 11.7 Å². The zero-order chi connectivity index (χ0) is 19.3. The minimum absolute atomic E-state index is 0.0293. The summed E-state index contributed by atoms with van der Waals surface area (Å²) in [6.45, 7) is 11.5. The number of urea groups is 1. The number of hydrogen-bond acceptors (Lipinski definition) is 5. The van der Waals surface area contributed by atoms with Crippen LogP contribution in [0.3, 0.4) is 0 Å². The number of rotatable bonds is 5. The topological polar surface area (TPSA) is 57.3 Å². The maximum Gasteiger partial charge on any atom is 0.317 e. The highest BCUT2D eigenvalue weighted by Gasteiger charge is 2.30. The van der Waals surface area contributed by atoms with Gasteiger partial charge in [0.2, 0.25) is 0 Å². The van der Waals surface area contributed by atoms with Crippen molar-refractivity contribution < 1.29 is 14.3 Å². The van der Waals surface area contributed by atoms with E-state index in [-0.39, 0.29) is 11.6 Å². The van der Waals surface area contributed by atoms with Crippen LogP contribution < -0.4 is 15.0 Å². The molecule has 1 N–H and O–H groups in total. The molecule has 0 bridgehead atoms. The van der Waals surface area contributed by atoms with E-state index in [1.54, 1.807) is 7.11 Å². The maximum atomic E-state index is 12.6. The minimum Gasteiger partial charge on any atom is -0.497 e. The van der Waals surface area contributed by atoms with Gasteiger partial charge in [-0.2, -0.15) is 0 Å². The third kappa shape index (κ3) is 5.05. The highest BCUT2D eigenvalue weighted by Crippen LogP contribution is 2.22. The molecule has 0 radical (unpaired) electrons. The molecule has 0 atom stereocenters. The summed E-state index contributed by atoms with van der Waals surface area (Å²) in [5.41, 5.74) is 1.07. The number of nitrogens with one attached hydrogen (secondary N) is 1. The lowest BCUT2D eigenvalue weighted by molar-refractivity contribution is -0.00905. The standard InChI is InChI=1S/C20H32N4O3/c1-20(2,24-11-13-27-14-12-24)16-21-19(25)23-9-7-22(8-10-23)17-5-4-6-18(15-17)26-3/h4-6,15H,7-14,16H2,1-3H3,(H,21,25). The van der Waals surface area contributed by atoms with Crippen molar-refractivity contribution in [3.63, 3.8) is 0 Å². The monoisotopic (exact) mass is 376 g/mol. The van der Waals surface area contributed by atoms with Gasteiger partial charge in [0, 0.05) is 63.1 Å². The number of amides is 2. The predicted octanol–water partition coefficient (Wildman–Crippen LogP) is 1.64. The number of ether oxygens (including phenoxy) is 2. The van der Waals surface area contributed by atoms with E-state index >= 15 is 0 Å². The summed E-state index contributed by atoms with van der Waals surface area (Å²) in [5.74, 6) is 0.859. The number of carbonyl (C=O) groups excluding carboxylic acids is 1. The first-order valence-corrected chi connectivity index (χ1v) is 9.74. The van der Waals surface area contributed by atoms with E-state index in [1.165, 1.54) is 0 Å². The average Bonchev–Trinajstić information content (AvgIpc) is 2.73. The summed E-state index contributed by atoms with van der Waals surface area (Å²) >= 11 is 0. The Morgan fingerprint density at radius 1 is 1.15 bits per heavy atom. The largest absolute Gasteiger partial charge is 0.497 e. The molecular formula is C20H32N4O3. The lowest BCUT2D eigenvalue weighted by atomic mass is 10.0. The number of carbonyl (C=O) groups is 1. The van der Waals surface area contributed by atoms with Crippen LogP contribution in [0.5, 0.6) is 5.75 Å². The normalized spacial score (nSPS) is 19.1. The molecule has 2 aliphatic heterocycles. The molecule has 2 aliphatic rings. The number of hydrogen-bond donors (Lipinski definition) is 1. The molecule has 2 saturated heterocycles. The molecule has 2 amide bonds. The van der Waals surface area contributed by atoms with Crippen molar-refractivity contribution in [2.75, 3.05) is 71.0 Å². The van der Waals surface area contributed by atoms with E-state index in [4.69, 9.17) is 9.47 Å². The fourth-order valence-electron chi connectivity index (χ4n) is 3.66. The summed E-state index contributed by atoms with van der Waals surface area (Å²) in [6.07, 6.45) is 0. The van der Waals surface area contributed by atoms with Gasteiger partial charge in [0.15, 0.2) is 0 Å². The zero-order valence-corrected chi connectivity index (χ0v) is 16.7. The molecule has 7 heteroatoms. The molecule has 1 aromatic carbocycles. The number of benzene rings is 1. The molecular weight excluding hydrogens is 344 g/mol. The van der Waals surface area contributed by atoms with Gasteiger partial charge < -0.3 is 24.6 Å². The molecule has 3 rings (SSSR count). The molecule has 0 aromatic heterocycles. The first kappa shape index (κ1) is 19.8. The van der Waals surface area contributed by atoms with Crippen LogP contribution in [-0.4, -0.2) is 87.5 Å².